The van der Waals surface area contributed by atoms with Crippen LogP contribution in [-0.4, -0.2) is 49.5 Å². The van der Waals surface area contributed by atoms with E-state index in [1.165, 1.54) is 49.2 Å². The zero-order chi connectivity index (χ0) is 21.8. The number of thioether (sulfide) groups is 1. The number of hydrogen-bond acceptors (Lipinski definition) is 4. The van der Waals surface area contributed by atoms with Crippen molar-refractivity contribution in [2.75, 3.05) is 27.0 Å². The van der Waals surface area contributed by atoms with Crippen molar-refractivity contribution in [1.82, 2.24) is 4.90 Å². The molecule has 8 heteroatoms. The third-order valence-electron chi connectivity index (χ3n) is 4.70. The molecule has 0 spiro atoms. The Morgan fingerprint density at radius 1 is 1.24 bits per heavy atom. The van der Waals surface area contributed by atoms with Crippen LogP contribution in [0.2, 0.25) is 0 Å². The number of nitrogens with zero attached hydrogens (tertiary/aromatic N) is 2. The molecular formula is C21H25F3N2O2S. The van der Waals surface area contributed by atoms with Crippen molar-refractivity contribution in [2.45, 2.75) is 30.5 Å². The lowest BCUT2D eigenvalue weighted by Gasteiger charge is -2.33. The molecular weight excluding hydrogens is 401 g/mol. The minimum atomic E-state index is -4.96. The number of alkyl halides is 3. The Morgan fingerprint density at radius 3 is 2.48 bits per heavy atom. The summed E-state index contributed by atoms with van der Waals surface area (Å²) in [6.07, 6.45) is -1.60. The first-order valence-electron chi connectivity index (χ1n) is 8.95. The molecule has 29 heavy (non-hydrogen) atoms. The van der Waals surface area contributed by atoms with Crippen LogP contribution in [0.25, 0.3) is 0 Å². The smallest absolute Gasteiger partial charge is 0.425 e. The van der Waals surface area contributed by atoms with Gasteiger partial charge in [0.1, 0.15) is 5.75 Å². The maximum Gasteiger partial charge on any atom is 0.425 e. The number of methoxy groups -OCH3 is 1. The van der Waals surface area contributed by atoms with E-state index in [0.717, 1.165) is 6.54 Å². The molecule has 2 aromatic rings. The maximum atomic E-state index is 14.2. The second-order valence-corrected chi connectivity index (χ2v) is 7.48. The highest BCUT2D eigenvalue weighted by atomic mass is 32.2. The molecule has 0 saturated carbocycles. The summed E-state index contributed by atoms with van der Waals surface area (Å²) in [6.45, 7) is 4.34. The number of aliphatic imine (C=N–C) groups is 1. The van der Waals surface area contributed by atoms with Crippen LogP contribution in [0.15, 0.2) is 46.3 Å². The molecule has 1 N–H and O–H groups in total. The number of rotatable bonds is 7. The minimum Gasteiger partial charge on any atom is -0.496 e. The first kappa shape index (κ1) is 23.1. The minimum absolute atomic E-state index is 0.0868. The van der Waals surface area contributed by atoms with Gasteiger partial charge in [-0.2, -0.15) is 13.2 Å². The van der Waals surface area contributed by atoms with E-state index in [9.17, 15) is 18.3 Å². The van der Waals surface area contributed by atoms with E-state index in [2.05, 4.69) is 4.99 Å². The molecule has 0 aliphatic rings. The van der Waals surface area contributed by atoms with Gasteiger partial charge in [-0.1, -0.05) is 12.1 Å². The van der Waals surface area contributed by atoms with Crippen molar-refractivity contribution in [3.8, 4) is 5.75 Å². The number of aryl methyl sites for hydroxylation is 1. The molecule has 0 aliphatic carbocycles. The van der Waals surface area contributed by atoms with Crippen molar-refractivity contribution in [2.24, 2.45) is 4.99 Å². The normalized spacial score (nSPS) is 14.1. The van der Waals surface area contributed by atoms with E-state index in [4.69, 9.17) is 4.74 Å². The van der Waals surface area contributed by atoms with E-state index in [0.29, 0.717) is 16.1 Å². The molecule has 0 heterocycles. The maximum absolute atomic E-state index is 14.2. The molecule has 0 fully saturated rings. The van der Waals surface area contributed by atoms with Gasteiger partial charge < -0.3 is 14.7 Å². The second kappa shape index (κ2) is 9.09. The number of hydrogen-bond donors (Lipinski definition) is 1. The fraction of sp³-hybridized carbons (Fsp3) is 0.381. The lowest BCUT2D eigenvalue weighted by molar-refractivity contribution is -0.248. The Kier molecular flexibility index (Phi) is 7.24. The summed E-state index contributed by atoms with van der Waals surface area (Å²) in [7, 11) is 3.11. The molecule has 0 saturated heterocycles. The first-order valence-corrected chi connectivity index (χ1v) is 10.2. The fourth-order valence-corrected chi connectivity index (χ4v) is 3.29. The van der Waals surface area contributed by atoms with Gasteiger partial charge in [0.15, 0.2) is 0 Å². The zero-order valence-corrected chi connectivity index (χ0v) is 17.9. The van der Waals surface area contributed by atoms with Gasteiger partial charge in [-0.3, -0.25) is 0 Å². The molecule has 0 amide bonds. The fourth-order valence-electron chi connectivity index (χ4n) is 2.83. The monoisotopic (exact) mass is 426 g/mol. The van der Waals surface area contributed by atoms with Gasteiger partial charge in [-0.15, -0.1) is 11.8 Å². The molecule has 0 aromatic heterocycles. The van der Waals surface area contributed by atoms with Gasteiger partial charge in [-0.25, -0.2) is 4.99 Å². The molecule has 158 valence electrons. The summed E-state index contributed by atoms with van der Waals surface area (Å²) < 4.78 is 47.9. The van der Waals surface area contributed by atoms with Crippen molar-refractivity contribution in [3.63, 3.8) is 0 Å². The number of ether oxygens (including phenoxy) is 1. The van der Waals surface area contributed by atoms with E-state index in [1.54, 1.807) is 25.6 Å². The zero-order valence-electron chi connectivity index (χ0n) is 17.0. The van der Waals surface area contributed by atoms with Crippen molar-refractivity contribution in [3.05, 3.63) is 53.1 Å². The number of halogens is 3. The predicted octanol–water partition coefficient (Wildman–Crippen LogP) is 5.14. The van der Waals surface area contributed by atoms with Crippen molar-refractivity contribution < 1.29 is 23.0 Å². The van der Waals surface area contributed by atoms with Crippen molar-refractivity contribution in [1.29, 1.82) is 0 Å². The van der Waals surface area contributed by atoms with Gasteiger partial charge in [0.2, 0.25) is 5.60 Å². The molecule has 2 aromatic carbocycles. The quantitative estimate of drug-likeness (QED) is 0.379. The number of benzene rings is 2. The van der Waals surface area contributed by atoms with Gasteiger partial charge >= 0.3 is 6.18 Å². The van der Waals surface area contributed by atoms with Crippen LogP contribution in [0.4, 0.5) is 18.9 Å². The third kappa shape index (κ3) is 4.70. The van der Waals surface area contributed by atoms with Gasteiger partial charge in [0, 0.05) is 30.1 Å². The lowest BCUT2D eigenvalue weighted by Crippen LogP contribution is -2.43. The SMILES string of the molecule is CCN(C)/C=N/c1cc(OC)c(C(O)(c2cccc(SC)c2)C(F)(F)F)cc1C. The Morgan fingerprint density at radius 2 is 1.93 bits per heavy atom. The second-order valence-electron chi connectivity index (χ2n) is 6.60. The first-order chi connectivity index (χ1) is 13.6. The van der Waals surface area contributed by atoms with Crippen LogP contribution < -0.4 is 4.74 Å². The van der Waals surface area contributed by atoms with E-state index in [1.807, 2.05) is 18.9 Å². The van der Waals surface area contributed by atoms with Crippen LogP contribution >= 0.6 is 11.8 Å². The van der Waals surface area contributed by atoms with Crippen LogP contribution in [0.1, 0.15) is 23.6 Å². The Bertz CT molecular complexity index is 887. The standard InChI is InChI=1S/C21H25F3N2O2S/c1-6-26(3)13-25-18-12-19(28-4)17(10-14(18)2)20(27,21(22,23)24)15-8-7-9-16(11-15)29-5/h7-13,27H,6H2,1-5H3/b25-13+. The molecule has 1 unspecified atom stereocenters. The summed E-state index contributed by atoms with van der Waals surface area (Å²) in [5, 5.41) is 11.0. The van der Waals surface area contributed by atoms with E-state index < -0.39 is 11.8 Å². The summed E-state index contributed by atoms with van der Waals surface area (Å²) in [4.78, 5) is 6.77. The van der Waals surface area contributed by atoms with Gasteiger partial charge in [-0.05, 0) is 49.4 Å². The lowest BCUT2D eigenvalue weighted by atomic mass is 9.84. The summed E-state index contributed by atoms with van der Waals surface area (Å²) in [6, 6.07) is 8.50. The molecule has 0 bridgehead atoms. The van der Waals surface area contributed by atoms with Crippen LogP contribution in [0.5, 0.6) is 5.75 Å². The Balaban J connectivity index is 2.71. The topological polar surface area (TPSA) is 45.1 Å². The highest BCUT2D eigenvalue weighted by Crippen LogP contribution is 2.49. The van der Waals surface area contributed by atoms with Gasteiger partial charge in [0.25, 0.3) is 0 Å². The molecule has 2 rings (SSSR count). The van der Waals surface area contributed by atoms with Crippen LogP contribution in [-0.2, 0) is 5.60 Å². The van der Waals surface area contributed by atoms with E-state index in [-0.39, 0.29) is 16.9 Å². The Labute approximate surface area is 173 Å². The molecule has 4 nitrogen and oxygen atoms in total. The van der Waals surface area contributed by atoms with E-state index >= 15 is 0 Å². The molecule has 1 atom stereocenters. The number of aliphatic hydroxyl groups is 1. The highest BCUT2D eigenvalue weighted by molar-refractivity contribution is 7.98. The summed E-state index contributed by atoms with van der Waals surface area (Å²) in [5.74, 6) is -0.0868. The highest BCUT2D eigenvalue weighted by Gasteiger charge is 2.57. The molecule has 0 radical (unpaired) electrons. The summed E-state index contributed by atoms with van der Waals surface area (Å²) in [5.41, 5.74) is -2.90. The van der Waals surface area contributed by atoms with Crippen LogP contribution in [0.3, 0.4) is 0 Å². The van der Waals surface area contributed by atoms with Crippen LogP contribution in [0, 0.1) is 6.92 Å². The summed E-state index contributed by atoms with van der Waals surface area (Å²) >= 11 is 1.30. The predicted molar refractivity (Wildman–Crippen MR) is 111 cm³/mol. The average molecular weight is 427 g/mol. The largest absolute Gasteiger partial charge is 0.496 e. The van der Waals surface area contributed by atoms with Crippen molar-refractivity contribution >= 4 is 23.8 Å². The Hall–Kier alpha value is -2.19. The average Bonchev–Trinajstić information content (AvgIpc) is 2.70. The third-order valence-corrected chi connectivity index (χ3v) is 5.42. The molecule has 0 aliphatic heterocycles. The van der Waals surface area contributed by atoms with Gasteiger partial charge in [0.05, 0.1) is 19.1 Å².